The number of ether oxygens (including phenoxy) is 1. The molecule has 16 heavy (non-hydrogen) atoms. The highest BCUT2D eigenvalue weighted by atomic mass is 35.5. The van der Waals surface area contributed by atoms with E-state index in [1.807, 2.05) is 4.90 Å². The third kappa shape index (κ3) is 3.09. The molecule has 1 atom stereocenters. The van der Waals surface area contributed by atoms with Crippen molar-refractivity contribution in [2.75, 3.05) is 26.3 Å². The Labute approximate surface area is 103 Å². The van der Waals surface area contributed by atoms with Crippen LogP contribution in [0.4, 0.5) is 0 Å². The van der Waals surface area contributed by atoms with Crippen LogP contribution < -0.4 is 5.73 Å². The number of nitrogens with two attached hydrogens (primary N) is 1. The fraction of sp³-hybridized carbons (Fsp3) is 0.909. The lowest BCUT2D eigenvalue weighted by molar-refractivity contribution is -0.133. The van der Waals surface area contributed by atoms with Gasteiger partial charge in [0, 0.05) is 26.3 Å². The van der Waals surface area contributed by atoms with Gasteiger partial charge in [-0.15, -0.1) is 12.4 Å². The van der Waals surface area contributed by atoms with Gasteiger partial charge in [0.05, 0.1) is 6.04 Å². The van der Waals surface area contributed by atoms with Crippen LogP contribution in [-0.4, -0.2) is 43.2 Å². The minimum absolute atomic E-state index is 0. The maximum absolute atomic E-state index is 12.0. The molecule has 2 saturated heterocycles. The molecule has 2 N–H and O–H groups in total. The summed E-state index contributed by atoms with van der Waals surface area (Å²) < 4.78 is 5.27. The second kappa shape index (κ2) is 6.42. The van der Waals surface area contributed by atoms with E-state index in [4.69, 9.17) is 10.5 Å². The Morgan fingerprint density at radius 1 is 1.25 bits per heavy atom. The van der Waals surface area contributed by atoms with Crippen molar-refractivity contribution >= 4 is 18.3 Å². The van der Waals surface area contributed by atoms with Gasteiger partial charge in [-0.2, -0.15) is 0 Å². The largest absolute Gasteiger partial charge is 0.381 e. The third-order valence-corrected chi connectivity index (χ3v) is 3.48. The van der Waals surface area contributed by atoms with E-state index in [-0.39, 0.29) is 24.4 Å². The molecule has 0 bridgehead atoms. The summed E-state index contributed by atoms with van der Waals surface area (Å²) in [6.45, 7) is 3.31. The molecule has 0 aliphatic carbocycles. The van der Waals surface area contributed by atoms with Crippen molar-refractivity contribution in [1.82, 2.24) is 4.90 Å². The van der Waals surface area contributed by atoms with Crippen molar-refractivity contribution in [3.05, 3.63) is 0 Å². The Morgan fingerprint density at radius 3 is 2.38 bits per heavy atom. The fourth-order valence-electron chi connectivity index (χ4n) is 2.42. The standard InChI is InChI=1S/C11H20N2O2.ClH/c12-10(9-3-7-15-8-4-9)11(14)13-5-1-2-6-13;/h9-10H,1-8,12H2;1H. The Kier molecular flexibility index (Phi) is 5.52. The molecule has 0 spiro atoms. The summed E-state index contributed by atoms with van der Waals surface area (Å²) in [5.41, 5.74) is 6.02. The first-order valence-electron chi connectivity index (χ1n) is 5.91. The number of likely N-dealkylation sites (tertiary alicyclic amines) is 1. The highest BCUT2D eigenvalue weighted by Gasteiger charge is 2.30. The zero-order chi connectivity index (χ0) is 10.7. The van der Waals surface area contributed by atoms with Crippen molar-refractivity contribution < 1.29 is 9.53 Å². The van der Waals surface area contributed by atoms with Crippen molar-refractivity contribution in [2.45, 2.75) is 31.7 Å². The van der Waals surface area contributed by atoms with Crippen molar-refractivity contribution in [3.8, 4) is 0 Å². The number of carbonyl (C=O) groups is 1. The van der Waals surface area contributed by atoms with Crippen LogP contribution in [0.1, 0.15) is 25.7 Å². The van der Waals surface area contributed by atoms with Gasteiger partial charge in [0.2, 0.25) is 5.91 Å². The smallest absolute Gasteiger partial charge is 0.239 e. The first-order chi connectivity index (χ1) is 7.29. The SMILES string of the molecule is Cl.NC(C(=O)N1CCCC1)C1CCOCC1. The molecular formula is C11H21ClN2O2. The second-order valence-corrected chi connectivity index (χ2v) is 4.51. The molecule has 2 heterocycles. The van der Waals surface area contributed by atoms with Crippen molar-refractivity contribution in [2.24, 2.45) is 11.7 Å². The molecule has 4 nitrogen and oxygen atoms in total. The number of halogens is 1. The van der Waals surface area contributed by atoms with Crippen LogP contribution in [0, 0.1) is 5.92 Å². The fourth-order valence-corrected chi connectivity index (χ4v) is 2.42. The molecule has 94 valence electrons. The Bertz CT molecular complexity index is 226. The van der Waals surface area contributed by atoms with Gasteiger partial charge in [-0.1, -0.05) is 0 Å². The van der Waals surface area contributed by atoms with Gasteiger partial charge in [0.25, 0.3) is 0 Å². The van der Waals surface area contributed by atoms with Crippen LogP contribution in [0.25, 0.3) is 0 Å². The maximum atomic E-state index is 12.0. The lowest BCUT2D eigenvalue weighted by Crippen LogP contribution is -2.48. The Balaban J connectivity index is 0.00000128. The zero-order valence-electron chi connectivity index (χ0n) is 9.56. The normalized spacial score (nSPS) is 23.9. The van der Waals surface area contributed by atoms with Gasteiger partial charge in [0.1, 0.15) is 0 Å². The van der Waals surface area contributed by atoms with Crippen LogP contribution in [-0.2, 0) is 9.53 Å². The number of rotatable bonds is 2. The van der Waals surface area contributed by atoms with E-state index in [2.05, 4.69) is 0 Å². The summed E-state index contributed by atoms with van der Waals surface area (Å²) in [5, 5.41) is 0. The molecule has 5 heteroatoms. The lowest BCUT2D eigenvalue weighted by atomic mass is 9.91. The number of hydrogen-bond donors (Lipinski definition) is 1. The number of amides is 1. The molecule has 2 fully saturated rings. The molecule has 1 amide bonds. The maximum Gasteiger partial charge on any atom is 0.239 e. The quantitative estimate of drug-likeness (QED) is 0.786. The van der Waals surface area contributed by atoms with E-state index in [0.29, 0.717) is 5.92 Å². The molecule has 2 aliphatic heterocycles. The van der Waals surface area contributed by atoms with Gasteiger partial charge in [-0.3, -0.25) is 4.79 Å². The van der Waals surface area contributed by atoms with E-state index in [0.717, 1.165) is 52.0 Å². The third-order valence-electron chi connectivity index (χ3n) is 3.48. The summed E-state index contributed by atoms with van der Waals surface area (Å²) in [6, 6.07) is -0.299. The van der Waals surface area contributed by atoms with Gasteiger partial charge in [-0.05, 0) is 31.6 Å². The summed E-state index contributed by atoms with van der Waals surface area (Å²) in [4.78, 5) is 13.9. The van der Waals surface area contributed by atoms with Gasteiger partial charge in [-0.25, -0.2) is 0 Å². The molecule has 0 aromatic carbocycles. The molecule has 0 radical (unpaired) electrons. The summed E-state index contributed by atoms with van der Waals surface area (Å²) in [7, 11) is 0. The molecular weight excluding hydrogens is 228 g/mol. The topological polar surface area (TPSA) is 55.6 Å². The molecule has 1 unspecified atom stereocenters. The molecule has 0 saturated carbocycles. The highest BCUT2D eigenvalue weighted by Crippen LogP contribution is 2.20. The Hall–Kier alpha value is -0.320. The van der Waals surface area contributed by atoms with Crippen LogP contribution >= 0.6 is 12.4 Å². The first kappa shape index (κ1) is 13.7. The highest BCUT2D eigenvalue weighted by molar-refractivity contribution is 5.85. The number of nitrogens with zero attached hydrogens (tertiary/aromatic N) is 1. The molecule has 0 aromatic heterocycles. The molecule has 0 aromatic rings. The van der Waals surface area contributed by atoms with E-state index in [1.165, 1.54) is 0 Å². The minimum Gasteiger partial charge on any atom is -0.381 e. The monoisotopic (exact) mass is 248 g/mol. The first-order valence-corrected chi connectivity index (χ1v) is 5.91. The van der Waals surface area contributed by atoms with E-state index < -0.39 is 0 Å². The zero-order valence-corrected chi connectivity index (χ0v) is 10.4. The van der Waals surface area contributed by atoms with Crippen LogP contribution in [0.15, 0.2) is 0 Å². The number of hydrogen-bond acceptors (Lipinski definition) is 3. The average Bonchev–Trinajstić information content (AvgIpc) is 2.82. The van der Waals surface area contributed by atoms with Gasteiger partial charge in [0.15, 0.2) is 0 Å². The summed E-state index contributed by atoms with van der Waals surface area (Å²) >= 11 is 0. The van der Waals surface area contributed by atoms with E-state index in [1.54, 1.807) is 0 Å². The average molecular weight is 249 g/mol. The van der Waals surface area contributed by atoms with Crippen LogP contribution in [0.3, 0.4) is 0 Å². The Morgan fingerprint density at radius 2 is 1.81 bits per heavy atom. The van der Waals surface area contributed by atoms with Crippen molar-refractivity contribution in [1.29, 1.82) is 0 Å². The minimum atomic E-state index is -0.299. The molecule has 2 rings (SSSR count). The van der Waals surface area contributed by atoms with E-state index in [9.17, 15) is 4.79 Å². The van der Waals surface area contributed by atoms with Crippen LogP contribution in [0.2, 0.25) is 0 Å². The second-order valence-electron chi connectivity index (χ2n) is 4.51. The predicted molar refractivity (Wildman–Crippen MR) is 64.6 cm³/mol. The predicted octanol–water partition coefficient (Wildman–Crippen LogP) is 0.784. The van der Waals surface area contributed by atoms with Crippen LogP contribution in [0.5, 0.6) is 0 Å². The van der Waals surface area contributed by atoms with Gasteiger partial charge < -0.3 is 15.4 Å². The van der Waals surface area contributed by atoms with Gasteiger partial charge >= 0.3 is 0 Å². The summed E-state index contributed by atoms with van der Waals surface area (Å²) in [6.07, 6.45) is 4.12. The summed E-state index contributed by atoms with van der Waals surface area (Å²) in [5.74, 6) is 0.478. The lowest BCUT2D eigenvalue weighted by Gasteiger charge is -2.29. The van der Waals surface area contributed by atoms with Crippen molar-refractivity contribution in [3.63, 3.8) is 0 Å². The van der Waals surface area contributed by atoms with E-state index >= 15 is 0 Å². The number of carbonyl (C=O) groups excluding carboxylic acids is 1. The molecule has 2 aliphatic rings.